The molecule has 0 bridgehead atoms. The van der Waals surface area contributed by atoms with Crippen LogP contribution in [-0.4, -0.2) is 18.1 Å². The molecule has 0 spiro atoms. The minimum absolute atomic E-state index is 0.0200. The third kappa shape index (κ3) is 3.36. The molecule has 4 nitrogen and oxygen atoms in total. The molecule has 0 unspecified atom stereocenters. The molecule has 0 radical (unpaired) electrons. The topological polar surface area (TPSA) is 51.2 Å². The van der Waals surface area contributed by atoms with Crippen molar-refractivity contribution in [3.05, 3.63) is 45.4 Å². The molecular formula is C14H14F2N2O2S. The Hall–Kier alpha value is -2.02. The van der Waals surface area contributed by atoms with Gasteiger partial charge >= 0.3 is 5.97 Å². The predicted molar refractivity (Wildman–Crippen MR) is 76.5 cm³/mol. The van der Waals surface area contributed by atoms with Crippen LogP contribution in [0.15, 0.2) is 18.3 Å². The first kappa shape index (κ1) is 15.4. The molecule has 1 aromatic carbocycles. The zero-order chi connectivity index (χ0) is 15.4. The first-order valence-electron chi connectivity index (χ1n) is 6.30. The van der Waals surface area contributed by atoms with Gasteiger partial charge in [-0.15, -0.1) is 11.3 Å². The molecular weight excluding hydrogens is 298 g/mol. The minimum atomic E-state index is -1.22. The lowest BCUT2D eigenvalue weighted by Crippen LogP contribution is -2.09. The summed E-state index contributed by atoms with van der Waals surface area (Å²) in [6.45, 7) is 2.31. The van der Waals surface area contributed by atoms with E-state index in [9.17, 15) is 13.6 Å². The molecule has 0 saturated carbocycles. The smallest absolute Gasteiger partial charge is 0.340 e. The highest BCUT2D eigenvalue weighted by molar-refractivity contribution is 7.11. The maximum absolute atomic E-state index is 13.9. The van der Waals surface area contributed by atoms with Gasteiger partial charge in [-0.2, -0.15) is 0 Å². The summed E-state index contributed by atoms with van der Waals surface area (Å²) < 4.78 is 32.0. The highest BCUT2D eigenvalue weighted by Gasteiger charge is 2.19. The monoisotopic (exact) mass is 312 g/mol. The van der Waals surface area contributed by atoms with E-state index in [-0.39, 0.29) is 5.69 Å². The Balaban J connectivity index is 2.14. The molecule has 2 rings (SSSR count). The Morgan fingerprint density at radius 2 is 2.14 bits per heavy atom. The van der Waals surface area contributed by atoms with E-state index >= 15 is 0 Å². The molecule has 0 atom stereocenters. The maximum Gasteiger partial charge on any atom is 0.340 e. The molecule has 2 aromatic rings. The number of halogens is 2. The van der Waals surface area contributed by atoms with E-state index in [1.807, 2.05) is 6.92 Å². The number of aryl methyl sites for hydroxylation is 1. The number of anilines is 1. The van der Waals surface area contributed by atoms with Gasteiger partial charge in [-0.1, -0.05) is 6.92 Å². The van der Waals surface area contributed by atoms with E-state index in [4.69, 9.17) is 0 Å². The number of methoxy groups -OCH3 is 1. The van der Waals surface area contributed by atoms with Gasteiger partial charge in [0.2, 0.25) is 0 Å². The Labute approximate surface area is 124 Å². The number of carbonyl (C=O) groups excluding carboxylic acids is 1. The Morgan fingerprint density at radius 3 is 2.76 bits per heavy atom. The van der Waals surface area contributed by atoms with Gasteiger partial charge in [0.15, 0.2) is 11.6 Å². The van der Waals surface area contributed by atoms with E-state index < -0.39 is 23.2 Å². The normalized spacial score (nSPS) is 10.5. The summed E-state index contributed by atoms with van der Waals surface area (Å²) in [5.74, 6) is -3.24. The molecule has 7 heteroatoms. The third-order valence-corrected chi connectivity index (χ3v) is 4.01. The lowest BCUT2D eigenvalue weighted by molar-refractivity contribution is 0.0594. The van der Waals surface area contributed by atoms with Crippen LogP contribution in [0.4, 0.5) is 14.5 Å². The Morgan fingerprint density at radius 1 is 1.38 bits per heavy atom. The quantitative estimate of drug-likeness (QED) is 0.860. The lowest BCUT2D eigenvalue weighted by atomic mass is 10.2. The highest BCUT2D eigenvalue weighted by atomic mass is 32.1. The van der Waals surface area contributed by atoms with Gasteiger partial charge in [0.05, 0.1) is 24.9 Å². The van der Waals surface area contributed by atoms with Gasteiger partial charge in [0.1, 0.15) is 5.01 Å². The van der Waals surface area contributed by atoms with E-state index in [0.717, 1.165) is 23.4 Å². The van der Waals surface area contributed by atoms with Crippen molar-refractivity contribution in [1.29, 1.82) is 0 Å². The zero-order valence-corrected chi connectivity index (χ0v) is 12.4. The fraction of sp³-hybridized carbons (Fsp3) is 0.286. The summed E-state index contributed by atoms with van der Waals surface area (Å²) in [6.07, 6.45) is 2.65. The van der Waals surface area contributed by atoms with Crippen molar-refractivity contribution < 1.29 is 18.3 Å². The van der Waals surface area contributed by atoms with Crippen molar-refractivity contribution in [2.45, 2.75) is 19.9 Å². The van der Waals surface area contributed by atoms with Crippen LogP contribution >= 0.6 is 11.3 Å². The van der Waals surface area contributed by atoms with Crippen molar-refractivity contribution in [2.75, 3.05) is 12.4 Å². The van der Waals surface area contributed by atoms with Crippen LogP contribution in [0.3, 0.4) is 0 Å². The number of nitrogens with one attached hydrogen (secondary N) is 1. The first-order chi connectivity index (χ1) is 10.1. The molecule has 1 N–H and O–H groups in total. The average molecular weight is 312 g/mol. The highest BCUT2D eigenvalue weighted by Crippen LogP contribution is 2.22. The van der Waals surface area contributed by atoms with Gasteiger partial charge in [0.25, 0.3) is 0 Å². The second kappa shape index (κ2) is 6.62. The van der Waals surface area contributed by atoms with Crippen LogP contribution in [0.5, 0.6) is 0 Å². The Bertz CT molecular complexity index is 658. The summed E-state index contributed by atoms with van der Waals surface area (Å²) >= 11 is 1.51. The van der Waals surface area contributed by atoms with E-state index in [0.29, 0.717) is 6.54 Å². The third-order valence-electron chi connectivity index (χ3n) is 2.87. The first-order valence-corrected chi connectivity index (χ1v) is 7.12. The second-order valence-corrected chi connectivity index (χ2v) is 5.41. The summed E-state index contributed by atoms with van der Waals surface area (Å²) in [4.78, 5) is 16.6. The average Bonchev–Trinajstić information content (AvgIpc) is 2.96. The lowest BCUT2D eigenvalue weighted by Gasteiger charge is -2.08. The van der Waals surface area contributed by atoms with Crippen molar-refractivity contribution in [3.8, 4) is 0 Å². The fourth-order valence-corrected chi connectivity index (χ4v) is 2.52. The Kier molecular flexibility index (Phi) is 4.85. The largest absolute Gasteiger partial charge is 0.465 e. The molecule has 0 aliphatic carbocycles. The number of esters is 1. The maximum atomic E-state index is 13.9. The van der Waals surface area contributed by atoms with Crippen LogP contribution in [0, 0.1) is 11.6 Å². The summed E-state index contributed by atoms with van der Waals surface area (Å²) in [7, 11) is 1.11. The SMILES string of the molecule is CCc1cnc(CNc2ccc(C(=O)OC)c(F)c2F)s1. The van der Waals surface area contributed by atoms with E-state index in [1.165, 1.54) is 23.5 Å². The molecule has 0 fully saturated rings. The van der Waals surface area contributed by atoms with Crippen molar-refractivity contribution in [1.82, 2.24) is 4.98 Å². The molecule has 112 valence electrons. The number of nitrogens with zero attached hydrogens (tertiary/aromatic N) is 1. The van der Waals surface area contributed by atoms with Gasteiger partial charge in [0, 0.05) is 11.1 Å². The van der Waals surface area contributed by atoms with Crippen molar-refractivity contribution in [2.24, 2.45) is 0 Å². The second-order valence-electron chi connectivity index (χ2n) is 4.21. The van der Waals surface area contributed by atoms with Crippen molar-refractivity contribution in [3.63, 3.8) is 0 Å². The molecule has 0 aliphatic heterocycles. The van der Waals surface area contributed by atoms with Crippen LogP contribution in [0.25, 0.3) is 0 Å². The van der Waals surface area contributed by atoms with Gasteiger partial charge in [-0.05, 0) is 18.6 Å². The predicted octanol–water partition coefficient (Wildman–Crippen LogP) is 3.38. The van der Waals surface area contributed by atoms with Crippen LogP contribution in [0.2, 0.25) is 0 Å². The summed E-state index contributed by atoms with van der Waals surface area (Å²) in [5, 5.41) is 3.55. The number of thiazole rings is 1. The van der Waals surface area contributed by atoms with E-state index in [2.05, 4.69) is 15.0 Å². The molecule has 1 aromatic heterocycles. The molecule has 0 aliphatic rings. The van der Waals surface area contributed by atoms with Gasteiger partial charge in [-0.25, -0.2) is 18.6 Å². The zero-order valence-electron chi connectivity index (χ0n) is 11.6. The van der Waals surface area contributed by atoms with Gasteiger partial charge < -0.3 is 10.1 Å². The number of carbonyl (C=O) groups is 1. The number of aromatic nitrogens is 1. The molecule has 1 heterocycles. The number of hydrogen-bond donors (Lipinski definition) is 1. The fourth-order valence-electron chi connectivity index (χ4n) is 1.72. The van der Waals surface area contributed by atoms with Gasteiger partial charge in [-0.3, -0.25) is 0 Å². The summed E-state index contributed by atoms with van der Waals surface area (Å²) in [6, 6.07) is 2.49. The van der Waals surface area contributed by atoms with Crippen molar-refractivity contribution >= 4 is 23.0 Å². The van der Waals surface area contributed by atoms with E-state index in [1.54, 1.807) is 6.20 Å². The minimum Gasteiger partial charge on any atom is -0.465 e. The standard InChI is InChI=1S/C14H14F2N2O2S/c1-3-8-6-18-11(21-8)7-17-10-5-4-9(14(19)20-2)12(15)13(10)16/h4-6,17H,3,7H2,1-2H3. The number of hydrogen-bond acceptors (Lipinski definition) is 5. The van der Waals surface area contributed by atoms with Crippen LogP contribution < -0.4 is 5.32 Å². The molecule has 0 saturated heterocycles. The number of benzene rings is 1. The molecule has 21 heavy (non-hydrogen) atoms. The number of rotatable bonds is 5. The summed E-state index contributed by atoms with van der Waals surface area (Å²) in [5.41, 5.74) is -0.448. The number of ether oxygens (including phenoxy) is 1. The van der Waals surface area contributed by atoms with Crippen LogP contribution in [0.1, 0.15) is 27.2 Å². The van der Waals surface area contributed by atoms with Crippen LogP contribution in [-0.2, 0) is 17.7 Å². The molecule has 0 amide bonds.